The van der Waals surface area contributed by atoms with Crippen molar-refractivity contribution in [3.05, 3.63) is 18.0 Å². The summed E-state index contributed by atoms with van der Waals surface area (Å²) >= 11 is 0. The lowest BCUT2D eigenvalue weighted by Crippen LogP contribution is -2.40. The van der Waals surface area contributed by atoms with E-state index in [1.54, 1.807) is 0 Å². The summed E-state index contributed by atoms with van der Waals surface area (Å²) in [6.45, 7) is 3.77. The third-order valence-electron chi connectivity index (χ3n) is 3.13. The van der Waals surface area contributed by atoms with E-state index >= 15 is 0 Å². The molecule has 1 aliphatic heterocycles. The molecular formula is C11H20N4O. The van der Waals surface area contributed by atoms with Gasteiger partial charge >= 0.3 is 0 Å². The van der Waals surface area contributed by atoms with Gasteiger partial charge < -0.3 is 4.74 Å². The second-order valence-corrected chi connectivity index (χ2v) is 4.12. The summed E-state index contributed by atoms with van der Waals surface area (Å²) in [7, 11) is 0. The number of nitrogens with zero attached hydrogens (tertiary/aromatic N) is 2. The first kappa shape index (κ1) is 11.6. The van der Waals surface area contributed by atoms with Crippen LogP contribution >= 0.6 is 0 Å². The Hall–Kier alpha value is -0.910. The highest BCUT2D eigenvalue weighted by Crippen LogP contribution is 2.25. The Labute approximate surface area is 95.9 Å². The molecule has 5 nitrogen and oxygen atoms in total. The molecule has 0 saturated carbocycles. The van der Waals surface area contributed by atoms with Crippen molar-refractivity contribution in [3.8, 4) is 0 Å². The van der Waals surface area contributed by atoms with Crippen LogP contribution < -0.4 is 11.3 Å². The second-order valence-electron chi connectivity index (χ2n) is 4.12. The van der Waals surface area contributed by atoms with Crippen LogP contribution in [0.5, 0.6) is 0 Å². The van der Waals surface area contributed by atoms with Gasteiger partial charge in [-0.15, -0.1) is 0 Å². The van der Waals surface area contributed by atoms with E-state index in [9.17, 15) is 0 Å². The highest BCUT2D eigenvalue weighted by molar-refractivity contribution is 5.09. The largest absolute Gasteiger partial charge is 0.376 e. The van der Waals surface area contributed by atoms with E-state index < -0.39 is 0 Å². The smallest absolute Gasteiger partial charge is 0.0890 e. The van der Waals surface area contributed by atoms with Crippen LogP contribution in [0.1, 0.15) is 37.9 Å². The molecule has 1 aromatic rings. The number of nitrogens with one attached hydrogen (secondary N) is 1. The van der Waals surface area contributed by atoms with Crippen molar-refractivity contribution in [1.82, 2.24) is 15.2 Å². The molecule has 2 unspecified atom stereocenters. The Balaban J connectivity index is 2.14. The third-order valence-corrected chi connectivity index (χ3v) is 3.13. The van der Waals surface area contributed by atoms with Crippen LogP contribution in [0.3, 0.4) is 0 Å². The summed E-state index contributed by atoms with van der Waals surface area (Å²) in [5.74, 6) is 5.65. The Bertz CT molecular complexity index is 320. The molecule has 0 aromatic carbocycles. The Morgan fingerprint density at radius 3 is 3.19 bits per heavy atom. The van der Waals surface area contributed by atoms with Crippen LogP contribution in [0.4, 0.5) is 0 Å². The Morgan fingerprint density at radius 2 is 2.56 bits per heavy atom. The lowest BCUT2D eigenvalue weighted by Gasteiger charge is -2.30. The van der Waals surface area contributed by atoms with Gasteiger partial charge in [0.1, 0.15) is 0 Å². The van der Waals surface area contributed by atoms with Crippen molar-refractivity contribution < 1.29 is 4.74 Å². The second kappa shape index (κ2) is 5.43. The maximum absolute atomic E-state index is 5.77. The summed E-state index contributed by atoms with van der Waals surface area (Å²) in [6.07, 6.45) is 5.40. The molecule has 90 valence electrons. The fourth-order valence-electron chi connectivity index (χ4n) is 2.28. The molecule has 1 fully saturated rings. The maximum Gasteiger partial charge on any atom is 0.0890 e. The minimum absolute atomic E-state index is 0.0442. The van der Waals surface area contributed by atoms with Gasteiger partial charge in [-0.2, -0.15) is 5.10 Å². The summed E-state index contributed by atoms with van der Waals surface area (Å²) in [5, 5.41) is 4.26. The minimum Gasteiger partial charge on any atom is -0.376 e. The van der Waals surface area contributed by atoms with Gasteiger partial charge in [0.15, 0.2) is 0 Å². The lowest BCUT2D eigenvalue weighted by atomic mass is 10.00. The van der Waals surface area contributed by atoms with Crippen LogP contribution in [-0.4, -0.2) is 22.5 Å². The first-order valence-electron chi connectivity index (χ1n) is 5.96. The topological polar surface area (TPSA) is 65.1 Å². The fraction of sp³-hybridized carbons (Fsp3) is 0.727. The van der Waals surface area contributed by atoms with Gasteiger partial charge in [-0.25, -0.2) is 5.43 Å². The molecule has 0 aliphatic carbocycles. The van der Waals surface area contributed by atoms with Crippen LogP contribution in [0, 0.1) is 0 Å². The van der Waals surface area contributed by atoms with Crippen molar-refractivity contribution in [2.75, 3.05) is 6.61 Å². The first-order chi connectivity index (χ1) is 7.86. The van der Waals surface area contributed by atoms with E-state index in [1.165, 1.54) is 6.42 Å². The molecule has 0 bridgehead atoms. The van der Waals surface area contributed by atoms with Gasteiger partial charge in [0.05, 0.1) is 17.8 Å². The molecule has 0 amide bonds. The number of hydrogen-bond acceptors (Lipinski definition) is 4. The van der Waals surface area contributed by atoms with Gasteiger partial charge in [0.25, 0.3) is 0 Å². The van der Waals surface area contributed by atoms with Crippen LogP contribution in [0.15, 0.2) is 12.3 Å². The predicted octanol–water partition coefficient (Wildman–Crippen LogP) is 0.976. The van der Waals surface area contributed by atoms with Gasteiger partial charge in [-0.1, -0.05) is 0 Å². The zero-order valence-corrected chi connectivity index (χ0v) is 9.72. The van der Waals surface area contributed by atoms with Crippen molar-refractivity contribution in [2.45, 2.75) is 44.9 Å². The SMILES string of the molecule is CCn1nccc1C(NN)C1CCCCO1. The molecule has 2 heterocycles. The van der Waals surface area contributed by atoms with Gasteiger partial charge in [-0.3, -0.25) is 10.5 Å². The van der Waals surface area contributed by atoms with E-state index in [1.807, 2.05) is 16.9 Å². The van der Waals surface area contributed by atoms with Crippen LogP contribution in [0.25, 0.3) is 0 Å². The molecule has 1 saturated heterocycles. The molecule has 0 spiro atoms. The van der Waals surface area contributed by atoms with Crippen molar-refractivity contribution >= 4 is 0 Å². The molecule has 2 rings (SSSR count). The zero-order valence-electron chi connectivity index (χ0n) is 9.72. The van der Waals surface area contributed by atoms with Crippen LogP contribution in [0.2, 0.25) is 0 Å². The molecule has 2 atom stereocenters. The summed E-state index contributed by atoms with van der Waals surface area (Å²) in [5.41, 5.74) is 3.97. The van der Waals surface area contributed by atoms with Crippen LogP contribution in [-0.2, 0) is 11.3 Å². The minimum atomic E-state index is 0.0442. The highest BCUT2D eigenvalue weighted by Gasteiger charge is 2.27. The summed E-state index contributed by atoms with van der Waals surface area (Å²) in [6, 6.07) is 2.05. The summed E-state index contributed by atoms with van der Waals surface area (Å²) in [4.78, 5) is 0. The standard InChI is InChI=1S/C11H20N4O/c1-2-15-9(6-7-13-15)11(14-12)10-5-3-4-8-16-10/h6-7,10-11,14H,2-5,8,12H2,1H3. The normalized spacial score (nSPS) is 23.2. The number of aryl methyl sites for hydroxylation is 1. The highest BCUT2D eigenvalue weighted by atomic mass is 16.5. The van der Waals surface area contributed by atoms with Gasteiger partial charge in [-0.05, 0) is 32.3 Å². The van der Waals surface area contributed by atoms with E-state index in [4.69, 9.17) is 10.6 Å². The molecule has 5 heteroatoms. The van der Waals surface area contributed by atoms with Crippen molar-refractivity contribution in [1.29, 1.82) is 0 Å². The molecule has 0 radical (unpaired) electrons. The fourth-order valence-corrected chi connectivity index (χ4v) is 2.28. The summed E-state index contributed by atoms with van der Waals surface area (Å²) < 4.78 is 7.73. The molecule has 1 aromatic heterocycles. The number of rotatable bonds is 4. The third kappa shape index (κ3) is 2.26. The number of hydrogen-bond donors (Lipinski definition) is 2. The lowest BCUT2D eigenvalue weighted by molar-refractivity contribution is -0.0100. The first-order valence-corrected chi connectivity index (χ1v) is 5.96. The molecule has 16 heavy (non-hydrogen) atoms. The van der Waals surface area contributed by atoms with E-state index in [-0.39, 0.29) is 12.1 Å². The molecular weight excluding hydrogens is 204 g/mol. The van der Waals surface area contributed by atoms with E-state index in [0.29, 0.717) is 0 Å². The monoisotopic (exact) mass is 224 g/mol. The number of hydrazine groups is 1. The predicted molar refractivity (Wildman–Crippen MR) is 61.6 cm³/mol. The molecule has 3 N–H and O–H groups in total. The van der Waals surface area contributed by atoms with Crippen molar-refractivity contribution in [2.24, 2.45) is 5.84 Å². The maximum atomic E-state index is 5.77. The van der Waals surface area contributed by atoms with E-state index in [0.717, 1.165) is 31.7 Å². The van der Waals surface area contributed by atoms with Gasteiger partial charge in [0, 0.05) is 19.3 Å². The van der Waals surface area contributed by atoms with Gasteiger partial charge in [0.2, 0.25) is 0 Å². The number of aromatic nitrogens is 2. The quantitative estimate of drug-likeness (QED) is 0.591. The zero-order chi connectivity index (χ0) is 11.4. The number of ether oxygens (including phenoxy) is 1. The Morgan fingerprint density at radius 1 is 1.69 bits per heavy atom. The number of nitrogens with two attached hydrogens (primary N) is 1. The van der Waals surface area contributed by atoms with E-state index in [2.05, 4.69) is 17.4 Å². The average Bonchev–Trinajstić information content (AvgIpc) is 2.80. The average molecular weight is 224 g/mol. The van der Waals surface area contributed by atoms with Crippen molar-refractivity contribution in [3.63, 3.8) is 0 Å². The molecule has 1 aliphatic rings. The Kier molecular flexibility index (Phi) is 3.93.